The highest BCUT2D eigenvalue weighted by atomic mass is 16.5. The number of hydrogen-bond acceptors (Lipinski definition) is 3. The second kappa shape index (κ2) is 9.43. The Morgan fingerprint density at radius 2 is 1.88 bits per heavy atom. The molecule has 3 fully saturated rings. The number of rotatable bonds is 7. The molecule has 0 aromatic carbocycles. The number of hydrogen-bond donors (Lipinski definition) is 1. The highest BCUT2D eigenvalue weighted by molar-refractivity contribution is 5.71. The van der Waals surface area contributed by atoms with E-state index in [0.29, 0.717) is 10.8 Å². The van der Waals surface area contributed by atoms with E-state index in [9.17, 15) is 4.79 Å². The molecule has 0 saturated heterocycles. The Bertz CT molecular complexity index is 714. The van der Waals surface area contributed by atoms with Crippen LogP contribution in [-0.2, 0) is 9.53 Å². The van der Waals surface area contributed by atoms with Gasteiger partial charge in [0.15, 0.2) is 0 Å². The molecular formula is C29H49NO2. The van der Waals surface area contributed by atoms with Crippen LogP contribution in [-0.4, -0.2) is 18.6 Å². The van der Waals surface area contributed by atoms with E-state index in [1.807, 2.05) is 0 Å². The predicted molar refractivity (Wildman–Crippen MR) is 132 cm³/mol. The molecule has 0 unspecified atom stereocenters. The van der Waals surface area contributed by atoms with Crippen molar-refractivity contribution in [3.63, 3.8) is 0 Å². The molecule has 0 aromatic heterocycles. The fraction of sp³-hybridized carbons (Fsp3) is 0.897. The van der Waals surface area contributed by atoms with Gasteiger partial charge in [0.2, 0.25) is 0 Å². The lowest BCUT2D eigenvalue weighted by molar-refractivity contribution is -0.149. The van der Waals surface area contributed by atoms with Crippen molar-refractivity contribution in [2.45, 2.75) is 111 Å². The van der Waals surface area contributed by atoms with E-state index in [0.717, 1.165) is 48.3 Å². The van der Waals surface area contributed by atoms with Crippen LogP contribution in [0.25, 0.3) is 0 Å². The maximum Gasteiger partial charge on any atom is 0.319 e. The van der Waals surface area contributed by atoms with Gasteiger partial charge in [-0.25, -0.2) is 0 Å². The van der Waals surface area contributed by atoms with Crippen LogP contribution < -0.4 is 5.73 Å². The normalized spacial score (nSPS) is 42.0. The van der Waals surface area contributed by atoms with Gasteiger partial charge in [-0.2, -0.15) is 0 Å². The van der Waals surface area contributed by atoms with Crippen molar-refractivity contribution >= 4 is 5.97 Å². The number of esters is 1. The van der Waals surface area contributed by atoms with E-state index in [1.165, 1.54) is 57.8 Å². The van der Waals surface area contributed by atoms with E-state index in [2.05, 4.69) is 40.7 Å². The zero-order chi connectivity index (χ0) is 23.1. The lowest BCUT2D eigenvalue weighted by atomic mass is 9.47. The summed E-state index contributed by atoms with van der Waals surface area (Å²) in [4.78, 5) is 11.7. The van der Waals surface area contributed by atoms with Crippen LogP contribution >= 0.6 is 0 Å². The first-order valence-electron chi connectivity index (χ1n) is 13.8. The minimum atomic E-state index is -0.249. The number of carbonyl (C=O) groups is 1. The van der Waals surface area contributed by atoms with Gasteiger partial charge in [-0.15, -0.1) is 0 Å². The summed E-state index contributed by atoms with van der Waals surface area (Å²) in [5.74, 6) is 4.97. The van der Waals surface area contributed by atoms with Crippen LogP contribution in [0.5, 0.6) is 0 Å². The van der Waals surface area contributed by atoms with Crippen molar-refractivity contribution in [2.24, 2.45) is 52.1 Å². The Kier molecular flexibility index (Phi) is 7.16. The summed E-state index contributed by atoms with van der Waals surface area (Å²) in [6.45, 7) is 12.5. The Hall–Kier alpha value is -0.830. The first kappa shape index (κ1) is 24.3. The molecule has 0 aromatic rings. The number of nitrogens with two attached hydrogens (primary N) is 1. The fourth-order valence-corrected chi connectivity index (χ4v) is 8.99. The standard InChI is InChI=1S/C29H49NO2/c1-19(2)7-6-8-20(3)24-11-12-25-23-10-9-21-17-22(32-27(31)18-30)13-15-28(21,4)26(23)14-16-29(24,25)5/h9,19-20,22-26H,6-8,10-18,30H2,1-5H3/t20-,22+,23+,24-,25+,26+,28+,29-/m1/s1. The van der Waals surface area contributed by atoms with Crippen molar-refractivity contribution in [1.29, 1.82) is 0 Å². The lowest BCUT2D eigenvalue weighted by Gasteiger charge is -2.58. The lowest BCUT2D eigenvalue weighted by Crippen LogP contribution is -2.51. The van der Waals surface area contributed by atoms with E-state index in [4.69, 9.17) is 10.5 Å². The SMILES string of the molecule is CC(C)CCC[C@@H](C)[C@H]1CC[C@H]2[C@@H]3CC=C4C[C@@H](OC(=O)CN)CC[C@]4(C)[C@H]3CC[C@]12C. The average molecular weight is 444 g/mol. The van der Waals surface area contributed by atoms with Crippen LogP contribution in [0.15, 0.2) is 11.6 Å². The van der Waals surface area contributed by atoms with Gasteiger partial charge in [0.25, 0.3) is 0 Å². The molecule has 4 aliphatic carbocycles. The number of carbonyl (C=O) groups excluding carboxylic acids is 1. The molecule has 4 aliphatic rings. The van der Waals surface area contributed by atoms with Gasteiger partial charge in [0.05, 0.1) is 6.54 Å². The molecule has 8 atom stereocenters. The van der Waals surface area contributed by atoms with Gasteiger partial charge in [-0.1, -0.05) is 65.5 Å². The Labute approximate surface area is 197 Å². The molecule has 0 spiro atoms. The van der Waals surface area contributed by atoms with Gasteiger partial charge in [-0.3, -0.25) is 4.79 Å². The van der Waals surface area contributed by atoms with Gasteiger partial charge in [-0.05, 0) is 91.3 Å². The highest BCUT2D eigenvalue weighted by Gasteiger charge is 2.59. The zero-order valence-electron chi connectivity index (χ0n) is 21.5. The second-order valence-corrected chi connectivity index (χ2v) is 12.8. The number of fused-ring (bicyclic) bond motifs is 5. The van der Waals surface area contributed by atoms with E-state index in [-0.39, 0.29) is 18.6 Å². The third-order valence-electron chi connectivity index (χ3n) is 10.7. The summed E-state index contributed by atoms with van der Waals surface area (Å²) in [6.07, 6.45) is 16.9. The second-order valence-electron chi connectivity index (χ2n) is 12.8. The molecule has 0 radical (unpaired) electrons. The summed E-state index contributed by atoms with van der Waals surface area (Å²) in [5.41, 5.74) is 7.93. The Morgan fingerprint density at radius 3 is 2.59 bits per heavy atom. The van der Waals surface area contributed by atoms with Crippen LogP contribution in [0.4, 0.5) is 0 Å². The first-order valence-corrected chi connectivity index (χ1v) is 13.8. The average Bonchev–Trinajstić information content (AvgIpc) is 3.11. The largest absolute Gasteiger partial charge is 0.461 e. The maximum atomic E-state index is 11.7. The van der Waals surface area contributed by atoms with Gasteiger partial charge in [0.1, 0.15) is 6.10 Å². The van der Waals surface area contributed by atoms with Crippen molar-refractivity contribution in [2.75, 3.05) is 6.54 Å². The molecule has 32 heavy (non-hydrogen) atoms. The topological polar surface area (TPSA) is 52.3 Å². The van der Waals surface area contributed by atoms with E-state index < -0.39 is 0 Å². The molecule has 4 rings (SSSR count). The molecular weight excluding hydrogens is 394 g/mol. The summed E-state index contributed by atoms with van der Waals surface area (Å²) in [7, 11) is 0. The smallest absolute Gasteiger partial charge is 0.319 e. The highest BCUT2D eigenvalue weighted by Crippen LogP contribution is 2.67. The van der Waals surface area contributed by atoms with Crippen LogP contribution in [0.2, 0.25) is 0 Å². The van der Waals surface area contributed by atoms with Crippen LogP contribution in [0.1, 0.15) is 105 Å². The monoisotopic (exact) mass is 443 g/mol. The molecule has 0 heterocycles. The number of ether oxygens (including phenoxy) is 1. The zero-order valence-corrected chi connectivity index (χ0v) is 21.5. The van der Waals surface area contributed by atoms with E-state index in [1.54, 1.807) is 5.57 Å². The minimum Gasteiger partial charge on any atom is -0.461 e. The summed E-state index contributed by atoms with van der Waals surface area (Å²) >= 11 is 0. The molecule has 0 amide bonds. The Morgan fingerprint density at radius 1 is 1.09 bits per heavy atom. The van der Waals surface area contributed by atoms with Crippen molar-refractivity contribution < 1.29 is 9.53 Å². The summed E-state index contributed by atoms with van der Waals surface area (Å²) in [6, 6.07) is 0. The van der Waals surface area contributed by atoms with Gasteiger partial charge < -0.3 is 10.5 Å². The molecule has 3 heteroatoms. The molecule has 3 saturated carbocycles. The Balaban J connectivity index is 1.45. The van der Waals surface area contributed by atoms with Gasteiger partial charge in [0, 0.05) is 6.42 Å². The third kappa shape index (κ3) is 4.32. The summed E-state index contributed by atoms with van der Waals surface area (Å²) in [5, 5.41) is 0. The van der Waals surface area contributed by atoms with Crippen molar-refractivity contribution in [1.82, 2.24) is 0 Å². The molecule has 2 N–H and O–H groups in total. The van der Waals surface area contributed by atoms with Crippen molar-refractivity contribution in [3.8, 4) is 0 Å². The molecule has 0 aliphatic heterocycles. The molecule has 182 valence electrons. The summed E-state index contributed by atoms with van der Waals surface area (Å²) < 4.78 is 5.64. The number of allylic oxidation sites excluding steroid dienone is 1. The van der Waals surface area contributed by atoms with Crippen LogP contribution in [0, 0.1) is 46.3 Å². The minimum absolute atomic E-state index is 0.00512. The first-order chi connectivity index (χ1) is 15.2. The maximum absolute atomic E-state index is 11.7. The molecule has 3 nitrogen and oxygen atoms in total. The molecule has 0 bridgehead atoms. The van der Waals surface area contributed by atoms with E-state index >= 15 is 0 Å². The van der Waals surface area contributed by atoms with Crippen molar-refractivity contribution in [3.05, 3.63) is 11.6 Å². The van der Waals surface area contributed by atoms with Crippen LogP contribution in [0.3, 0.4) is 0 Å². The predicted octanol–water partition coefficient (Wildman–Crippen LogP) is 6.90. The fourth-order valence-electron chi connectivity index (χ4n) is 8.99. The van der Waals surface area contributed by atoms with Gasteiger partial charge >= 0.3 is 5.97 Å². The third-order valence-corrected chi connectivity index (χ3v) is 10.7. The quantitative estimate of drug-likeness (QED) is 0.344.